The Morgan fingerprint density at radius 1 is 1.38 bits per heavy atom. The molecular weight excluding hydrogens is 310 g/mol. The van der Waals surface area contributed by atoms with E-state index in [0.717, 1.165) is 31.8 Å². The minimum Gasteiger partial charge on any atom is -0.467 e. The molecule has 7 nitrogen and oxygen atoms in total. The molecule has 134 valence electrons. The second-order valence-electron chi connectivity index (χ2n) is 6.71. The zero-order chi connectivity index (χ0) is 17.0. The lowest BCUT2D eigenvalue weighted by Crippen LogP contribution is -2.58. The van der Waals surface area contributed by atoms with Gasteiger partial charge in [0.2, 0.25) is 0 Å². The fraction of sp³-hybridized carbons (Fsp3) is 0.706. The Hall–Kier alpha value is -1.57. The summed E-state index contributed by atoms with van der Waals surface area (Å²) in [5.74, 6) is 0.765. The van der Waals surface area contributed by atoms with Crippen LogP contribution in [0.15, 0.2) is 22.8 Å². The van der Waals surface area contributed by atoms with Gasteiger partial charge in [-0.1, -0.05) is 0 Å². The molecule has 24 heavy (non-hydrogen) atoms. The third-order valence-corrected chi connectivity index (χ3v) is 5.16. The van der Waals surface area contributed by atoms with Gasteiger partial charge < -0.3 is 29.0 Å². The number of carbonyl (C=O) groups excluding carboxylic acids is 1. The van der Waals surface area contributed by atoms with Gasteiger partial charge in [0.05, 0.1) is 19.4 Å². The number of nitrogens with one attached hydrogen (secondary N) is 1. The van der Waals surface area contributed by atoms with Crippen LogP contribution in [0.4, 0.5) is 4.79 Å². The van der Waals surface area contributed by atoms with Gasteiger partial charge in [-0.2, -0.15) is 0 Å². The standard InChI is InChI=1S/C17H27N3O4/c1-19(2)17(5-9-22-10-6-17)13-18-16(21)20-7-11-24-15(12-20)14-4-3-8-23-14/h3-4,8,15H,5-7,9-13H2,1-2H3,(H,18,21). The van der Waals surface area contributed by atoms with E-state index in [9.17, 15) is 4.79 Å². The molecule has 3 heterocycles. The van der Waals surface area contributed by atoms with Crippen LogP contribution >= 0.6 is 0 Å². The summed E-state index contributed by atoms with van der Waals surface area (Å²) in [6, 6.07) is 3.68. The highest BCUT2D eigenvalue weighted by atomic mass is 16.5. The quantitative estimate of drug-likeness (QED) is 0.901. The van der Waals surface area contributed by atoms with Gasteiger partial charge in [-0.15, -0.1) is 0 Å². The molecule has 0 saturated carbocycles. The van der Waals surface area contributed by atoms with Gasteiger partial charge in [-0.3, -0.25) is 0 Å². The third kappa shape index (κ3) is 3.74. The lowest BCUT2D eigenvalue weighted by Gasteiger charge is -2.43. The van der Waals surface area contributed by atoms with Crippen molar-refractivity contribution < 1.29 is 18.7 Å². The van der Waals surface area contributed by atoms with Gasteiger partial charge in [-0.05, 0) is 39.1 Å². The average Bonchev–Trinajstić information content (AvgIpc) is 3.15. The molecule has 7 heteroatoms. The van der Waals surface area contributed by atoms with Crippen LogP contribution in [0.5, 0.6) is 0 Å². The molecule has 2 aliphatic rings. The van der Waals surface area contributed by atoms with Crippen LogP contribution in [-0.2, 0) is 9.47 Å². The second-order valence-corrected chi connectivity index (χ2v) is 6.71. The number of urea groups is 1. The lowest BCUT2D eigenvalue weighted by atomic mass is 9.88. The van der Waals surface area contributed by atoms with Crippen LogP contribution in [0, 0.1) is 0 Å². The summed E-state index contributed by atoms with van der Waals surface area (Å²) in [5.41, 5.74) is -0.0272. The first kappa shape index (κ1) is 17.3. The Balaban J connectivity index is 1.56. The monoisotopic (exact) mass is 337 g/mol. The van der Waals surface area contributed by atoms with Crippen molar-refractivity contribution in [2.45, 2.75) is 24.5 Å². The number of ether oxygens (including phenoxy) is 2. The summed E-state index contributed by atoms with van der Waals surface area (Å²) in [6.45, 7) is 3.74. The Labute approximate surface area is 142 Å². The maximum absolute atomic E-state index is 12.6. The molecular formula is C17H27N3O4. The van der Waals surface area contributed by atoms with E-state index in [-0.39, 0.29) is 17.7 Å². The van der Waals surface area contributed by atoms with Crippen molar-refractivity contribution in [3.8, 4) is 0 Å². The molecule has 1 aromatic rings. The largest absolute Gasteiger partial charge is 0.467 e. The summed E-state index contributed by atoms with van der Waals surface area (Å²) in [4.78, 5) is 16.6. The van der Waals surface area contributed by atoms with Crippen molar-refractivity contribution in [3.05, 3.63) is 24.2 Å². The van der Waals surface area contributed by atoms with E-state index in [2.05, 4.69) is 24.3 Å². The van der Waals surface area contributed by atoms with Crippen molar-refractivity contribution in [2.24, 2.45) is 0 Å². The predicted molar refractivity (Wildman–Crippen MR) is 88.8 cm³/mol. The van der Waals surface area contributed by atoms with Gasteiger partial charge in [0.25, 0.3) is 0 Å². The van der Waals surface area contributed by atoms with E-state index in [0.29, 0.717) is 26.2 Å². The zero-order valence-electron chi connectivity index (χ0n) is 14.5. The molecule has 3 rings (SSSR count). The smallest absolute Gasteiger partial charge is 0.317 e. The molecule has 0 bridgehead atoms. The topological polar surface area (TPSA) is 67.2 Å². The summed E-state index contributed by atoms with van der Waals surface area (Å²) in [5, 5.41) is 3.11. The third-order valence-electron chi connectivity index (χ3n) is 5.16. The number of morpholine rings is 1. The average molecular weight is 337 g/mol. The number of likely N-dealkylation sites (N-methyl/N-ethyl adjacent to an activating group) is 1. The van der Waals surface area contributed by atoms with E-state index in [1.54, 1.807) is 11.2 Å². The maximum Gasteiger partial charge on any atom is 0.317 e. The van der Waals surface area contributed by atoms with Crippen LogP contribution in [0.1, 0.15) is 24.7 Å². The Kier molecular flexibility index (Phi) is 5.43. The highest BCUT2D eigenvalue weighted by Gasteiger charge is 2.36. The van der Waals surface area contributed by atoms with Gasteiger partial charge in [0, 0.05) is 31.8 Å². The van der Waals surface area contributed by atoms with Crippen LogP contribution in [0.2, 0.25) is 0 Å². The Morgan fingerprint density at radius 2 is 2.17 bits per heavy atom. The fourth-order valence-corrected chi connectivity index (χ4v) is 3.37. The minimum atomic E-state index is -0.189. The fourth-order valence-electron chi connectivity index (χ4n) is 3.37. The SMILES string of the molecule is CN(C)C1(CNC(=O)N2CCOC(c3ccco3)C2)CCOCC1. The van der Waals surface area contributed by atoms with Gasteiger partial charge >= 0.3 is 6.03 Å². The van der Waals surface area contributed by atoms with Crippen molar-refractivity contribution in [3.63, 3.8) is 0 Å². The zero-order valence-corrected chi connectivity index (χ0v) is 14.5. The van der Waals surface area contributed by atoms with E-state index < -0.39 is 0 Å². The van der Waals surface area contributed by atoms with E-state index in [4.69, 9.17) is 13.9 Å². The molecule has 2 saturated heterocycles. The first-order chi connectivity index (χ1) is 11.6. The number of nitrogens with zero attached hydrogens (tertiary/aromatic N) is 2. The number of amides is 2. The number of carbonyl (C=O) groups is 1. The van der Waals surface area contributed by atoms with Crippen LogP contribution < -0.4 is 5.32 Å². The summed E-state index contributed by atoms with van der Waals surface area (Å²) < 4.78 is 16.6. The van der Waals surface area contributed by atoms with E-state index >= 15 is 0 Å². The molecule has 0 radical (unpaired) electrons. The van der Waals surface area contributed by atoms with Gasteiger partial charge in [0.15, 0.2) is 0 Å². The second kappa shape index (κ2) is 7.55. The van der Waals surface area contributed by atoms with Crippen LogP contribution in [0.3, 0.4) is 0 Å². The summed E-state index contributed by atoms with van der Waals surface area (Å²) in [7, 11) is 4.14. The van der Waals surface area contributed by atoms with Gasteiger partial charge in [-0.25, -0.2) is 4.79 Å². The predicted octanol–water partition coefficient (Wildman–Crippen LogP) is 1.47. The van der Waals surface area contributed by atoms with Crippen molar-refractivity contribution in [1.29, 1.82) is 0 Å². The highest BCUT2D eigenvalue weighted by Crippen LogP contribution is 2.26. The molecule has 2 aliphatic heterocycles. The van der Waals surface area contributed by atoms with Crippen LogP contribution in [-0.4, -0.2) is 74.9 Å². The first-order valence-electron chi connectivity index (χ1n) is 8.54. The highest BCUT2D eigenvalue weighted by molar-refractivity contribution is 5.74. The van der Waals surface area contributed by atoms with E-state index in [1.165, 1.54) is 0 Å². The molecule has 1 aromatic heterocycles. The van der Waals surface area contributed by atoms with Crippen molar-refractivity contribution >= 4 is 6.03 Å². The minimum absolute atomic E-state index is 0.0272. The molecule has 1 atom stereocenters. The Morgan fingerprint density at radius 3 is 2.83 bits per heavy atom. The number of hydrogen-bond donors (Lipinski definition) is 1. The molecule has 0 aliphatic carbocycles. The molecule has 1 unspecified atom stereocenters. The Bertz CT molecular complexity index is 526. The molecule has 2 fully saturated rings. The van der Waals surface area contributed by atoms with Crippen molar-refractivity contribution in [1.82, 2.24) is 15.1 Å². The summed E-state index contributed by atoms with van der Waals surface area (Å²) >= 11 is 0. The normalized spacial score (nSPS) is 24.1. The summed E-state index contributed by atoms with van der Waals surface area (Å²) in [6.07, 6.45) is 3.30. The number of hydrogen-bond acceptors (Lipinski definition) is 5. The number of rotatable bonds is 4. The van der Waals surface area contributed by atoms with Gasteiger partial charge in [0.1, 0.15) is 11.9 Å². The molecule has 2 amide bonds. The molecule has 0 aromatic carbocycles. The van der Waals surface area contributed by atoms with E-state index in [1.807, 2.05) is 12.1 Å². The first-order valence-corrected chi connectivity index (χ1v) is 8.54. The molecule has 1 N–H and O–H groups in total. The van der Waals surface area contributed by atoms with Crippen molar-refractivity contribution in [2.75, 3.05) is 53.6 Å². The van der Waals surface area contributed by atoms with Crippen LogP contribution in [0.25, 0.3) is 0 Å². The molecule has 0 spiro atoms. The lowest BCUT2D eigenvalue weighted by molar-refractivity contribution is -0.0283. The number of furan rings is 1. The maximum atomic E-state index is 12.6.